The molecule has 90 valence electrons. The Bertz CT molecular complexity index is 495. The van der Waals surface area contributed by atoms with Crippen molar-refractivity contribution in [3.63, 3.8) is 0 Å². The van der Waals surface area contributed by atoms with Gasteiger partial charge in [-0.1, -0.05) is 18.2 Å². The highest BCUT2D eigenvalue weighted by Crippen LogP contribution is 2.19. The van der Waals surface area contributed by atoms with E-state index in [2.05, 4.69) is 39.5 Å². The van der Waals surface area contributed by atoms with Gasteiger partial charge in [0.15, 0.2) is 0 Å². The number of piperazine rings is 1. The molecule has 0 aliphatic carbocycles. The number of anilines is 1. The van der Waals surface area contributed by atoms with Crippen LogP contribution in [0, 0.1) is 0 Å². The van der Waals surface area contributed by atoms with E-state index in [0.29, 0.717) is 0 Å². The van der Waals surface area contributed by atoms with Crippen LogP contribution in [0.4, 0.5) is 5.69 Å². The Labute approximate surface area is 107 Å². The van der Waals surface area contributed by atoms with Gasteiger partial charge in [-0.15, -0.1) is 12.4 Å². The van der Waals surface area contributed by atoms with Crippen LogP contribution in [0.2, 0.25) is 0 Å². The number of fused-ring (bicyclic) bond motifs is 1. The lowest BCUT2D eigenvalue weighted by molar-refractivity contribution is 0.589. The third-order valence-electron chi connectivity index (χ3n) is 3.06. The Morgan fingerprint density at radius 1 is 1.12 bits per heavy atom. The molecule has 1 saturated heterocycles. The van der Waals surface area contributed by atoms with Gasteiger partial charge < -0.3 is 10.2 Å². The molecule has 2 aromatic rings. The van der Waals surface area contributed by atoms with E-state index >= 15 is 0 Å². The van der Waals surface area contributed by atoms with Crippen LogP contribution in [0.5, 0.6) is 0 Å². The lowest BCUT2D eigenvalue weighted by Crippen LogP contribution is -2.43. The molecule has 2 heterocycles. The number of nitrogens with zero attached hydrogens (tertiary/aromatic N) is 2. The van der Waals surface area contributed by atoms with Crippen molar-refractivity contribution in [1.82, 2.24) is 10.3 Å². The van der Waals surface area contributed by atoms with Crippen molar-refractivity contribution in [2.45, 2.75) is 0 Å². The zero-order valence-electron chi connectivity index (χ0n) is 9.60. The van der Waals surface area contributed by atoms with Gasteiger partial charge in [-0.25, -0.2) is 0 Å². The summed E-state index contributed by atoms with van der Waals surface area (Å²) in [5.74, 6) is 0. The first-order valence-electron chi connectivity index (χ1n) is 5.74. The highest BCUT2D eigenvalue weighted by Gasteiger charge is 2.10. The Hall–Kier alpha value is -1.32. The summed E-state index contributed by atoms with van der Waals surface area (Å²) >= 11 is 0. The second-order valence-electron chi connectivity index (χ2n) is 4.12. The zero-order chi connectivity index (χ0) is 10.8. The van der Waals surface area contributed by atoms with Crippen LogP contribution in [-0.4, -0.2) is 31.2 Å². The summed E-state index contributed by atoms with van der Waals surface area (Å²) in [4.78, 5) is 6.88. The van der Waals surface area contributed by atoms with E-state index in [1.54, 1.807) is 0 Å². The molecule has 1 aromatic carbocycles. The molecule has 0 amide bonds. The summed E-state index contributed by atoms with van der Waals surface area (Å²) in [5.41, 5.74) is 2.31. The molecule has 0 spiro atoms. The fraction of sp³-hybridized carbons (Fsp3) is 0.308. The Morgan fingerprint density at radius 2 is 1.88 bits per heavy atom. The van der Waals surface area contributed by atoms with Gasteiger partial charge in [-0.2, -0.15) is 0 Å². The molecular weight excluding hydrogens is 234 g/mol. The second kappa shape index (κ2) is 5.34. The molecule has 0 unspecified atom stereocenters. The minimum absolute atomic E-state index is 0. The van der Waals surface area contributed by atoms with Crippen molar-refractivity contribution < 1.29 is 0 Å². The number of hydrogen-bond donors (Lipinski definition) is 1. The molecule has 0 saturated carbocycles. The summed E-state index contributed by atoms with van der Waals surface area (Å²) in [6.07, 6.45) is 1.98. The third-order valence-corrected chi connectivity index (χ3v) is 3.06. The van der Waals surface area contributed by atoms with Gasteiger partial charge in [0.25, 0.3) is 0 Å². The molecule has 0 atom stereocenters. The summed E-state index contributed by atoms with van der Waals surface area (Å²) in [7, 11) is 0. The van der Waals surface area contributed by atoms with Gasteiger partial charge in [0, 0.05) is 31.6 Å². The number of para-hydroxylation sites is 1. The molecule has 3 nitrogen and oxygen atoms in total. The maximum Gasteiger partial charge on any atom is 0.0703 e. The third kappa shape index (κ3) is 2.51. The van der Waals surface area contributed by atoms with Crippen LogP contribution in [-0.2, 0) is 0 Å². The zero-order valence-corrected chi connectivity index (χ0v) is 10.4. The lowest BCUT2D eigenvalue weighted by atomic mass is 10.2. The standard InChI is InChI=1S/C13H15N3.ClH/c1-2-4-13-11(3-1)9-12(10-15-13)16-7-5-14-6-8-16;/h1-4,9-10,14H,5-8H2;1H. The lowest BCUT2D eigenvalue weighted by Gasteiger charge is -2.29. The molecule has 4 heteroatoms. The molecule has 1 aliphatic rings. The number of aromatic nitrogens is 1. The average molecular weight is 250 g/mol. The van der Waals surface area contributed by atoms with Gasteiger partial charge in [0.1, 0.15) is 0 Å². The summed E-state index contributed by atoms with van der Waals surface area (Å²) in [6.45, 7) is 4.26. The van der Waals surface area contributed by atoms with Gasteiger partial charge in [0.2, 0.25) is 0 Å². The number of benzene rings is 1. The molecule has 1 fully saturated rings. The normalized spacial score (nSPS) is 15.6. The topological polar surface area (TPSA) is 28.2 Å². The minimum atomic E-state index is 0. The van der Waals surface area contributed by atoms with E-state index in [0.717, 1.165) is 31.7 Å². The molecule has 0 bridgehead atoms. The monoisotopic (exact) mass is 249 g/mol. The van der Waals surface area contributed by atoms with Gasteiger partial charge in [-0.05, 0) is 12.1 Å². The average Bonchev–Trinajstić information content (AvgIpc) is 2.39. The highest BCUT2D eigenvalue weighted by molar-refractivity contribution is 5.85. The first-order valence-corrected chi connectivity index (χ1v) is 5.74. The summed E-state index contributed by atoms with van der Waals surface area (Å²) in [6, 6.07) is 10.5. The molecular formula is C13H16ClN3. The predicted octanol–water partition coefficient (Wildman–Crippen LogP) is 2.07. The Kier molecular flexibility index (Phi) is 3.82. The second-order valence-corrected chi connectivity index (χ2v) is 4.12. The molecule has 3 rings (SSSR count). The Morgan fingerprint density at radius 3 is 2.71 bits per heavy atom. The number of nitrogens with one attached hydrogen (secondary N) is 1. The molecule has 1 aliphatic heterocycles. The Balaban J connectivity index is 0.00000108. The molecule has 0 radical (unpaired) electrons. The maximum atomic E-state index is 4.49. The van der Waals surface area contributed by atoms with Crippen LogP contribution in [0.3, 0.4) is 0 Å². The maximum absolute atomic E-state index is 4.49. The van der Waals surface area contributed by atoms with E-state index in [9.17, 15) is 0 Å². The van der Waals surface area contributed by atoms with E-state index in [4.69, 9.17) is 0 Å². The molecule has 1 aromatic heterocycles. The van der Waals surface area contributed by atoms with Crippen molar-refractivity contribution in [3.8, 4) is 0 Å². The predicted molar refractivity (Wildman–Crippen MR) is 74.1 cm³/mol. The molecule has 1 N–H and O–H groups in total. The van der Waals surface area contributed by atoms with Crippen LogP contribution in [0.1, 0.15) is 0 Å². The highest BCUT2D eigenvalue weighted by atomic mass is 35.5. The number of hydrogen-bond acceptors (Lipinski definition) is 3. The van der Waals surface area contributed by atoms with Crippen molar-refractivity contribution in [3.05, 3.63) is 36.5 Å². The van der Waals surface area contributed by atoms with Crippen molar-refractivity contribution in [2.24, 2.45) is 0 Å². The van der Waals surface area contributed by atoms with Gasteiger partial charge in [-0.3, -0.25) is 4.98 Å². The molecule has 17 heavy (non-hydrogen) atoms. The van der Waals surface area contributed by atoms with Crippen molar-refractivity contribution >= 4 is 29.0 Å². The van der Waals surface area contributed by atoms with Crippen molar-refractivity contribution in [2.75, 3.05) is 31.1 Å². The fourth-order valence-corrected chi connectivity index (χ4v) is 2.16. The minimum Gasteiger partial charge on any atom is -0.368 e. The van der Waals surface area contributed by atoms with Crippen LogP contribution in [0.15, 0.2) is 36.5 Å². The fourth-order valence-electron chi connectivity index (χ4n) is 2.16. The van der Waals surface area contributed by atoms with Crippen LogP contribution >= 0.6 is 12.4 Å². The van der Waals surface area contributed by atoms with E-state index in [1.165, 1.54) is 11.1 Å². The quantitative estimate of drug-likeness (QED) is 0.839. The van der Waals surface area contributed by atoms with E-state index in [1.807, 2.05) is 12.3 Å². The largest absolute Gasteiger partial charge is 0.368 e. The van der Waals surface area contributed by atoms with Crippen molar-refractivity contribution in [1.29, 1.82) is 0 Å². The van der Waals surface area contributed by atoms with E-state index < -0.39 is 0 Å². The van der Waals surface area contributed by atoms with Crippen LogP contribution < -0.4 is 10.2 Å². The first-order chi connectivity index (χ1) is 7.93. The van der Waals surface area contributed by atoms with Crippen LogP contribution in [0.25, 0.3) is 10.9 Å². The number of rotatable bonds is 1. The summed E-state index contributed by atoms with van der Waals surface area (Å²) in [5, 5.41) is 4.58. The first kappa shape index (κ1) is 12.1. The van der Waals surface area contributed by atoms with E-state index in [-0.39, 0.29) is 12.4 Å². The summed E-state index contributed by atoms with van der Waals surface area (Å²) < 4.78 is 0. The number of halogens is 1. The SMILES string of the molecule is Cl.c1ccc2ncc(N3CCNCC3)cc2c1. The smallest absolute Gasteiger partial charge is 0.0703 e. The van der Waals surface area contributed by atoms with Gasteiger partial charge in [0.05, 0.1) is 17.4 Å². The van der Waals surface area contributed by atoms with Gasteiger partial charge >= 0.3 is 0 Å². The number of pyridine rings is 1.